The van der Waals surface area contributed by atoms with E-state index in [0.29, 0.717) is 12.2 Å². The molecule has 2 aromatic heterocycles. The molecule has 136 valence electrons. The number of rotatable bonds is 5. The topological polar surface area (TPSA) is 90.9 Å². The molecule has 1 unspecified atom stereocenters. The summed E-state index contributed by atoms with van der Waals surface area (Å²) in [4.78, 5) is 41.3. The molecule has 2 heterocycles. The molecule has 0 fully saturated rings. The second kappa shape index (κ2) is 6.99. The second-order valence-electron chi connectivity index (χ2n) is 6.38. The Kier molecular flexibility index (Phi) is 4.75. The molecule has 0 aliphatic rings. The predicted octanol–water partition coefficient (Wildman–Crippen LogP) is 0.354. The first kappa shape index (κ1) is 17.7. The van der Waals surface area contributed by atoms with Crippen molar-refractivity contribution in [3.63, 3.8) is 0 Å². The van der Waals surface area contributed by atoms with E-state index in [1.165, 1.54) is 17.9 Å². The van der Waals surface area contributed by atoms with Crippen LogP contribution in [-0.4, -0.2) is 31.1 Å². The Labute approximate surface area is 149 Å². The molecule has 8 nitrogen and oxygen atoms in total. The summed E-state index contributed by atoms with van der Waals surface area (Å²) in [6, 6.07) is 9.81. The molecular weight excluding hydrogens is 334 g/mol. The summed E-state index contributed by atoms with van der Waals surface area (Å²) < 4.78 is 3.76. The van der Waals surface area contributed by atoms with Crippen molar-refractivity contribution in [2.24, 2.45) is 14.1 Å². The number of fused-ring (bicyclic) bond motifs is 1. The molecule has 26 heavy (non-hydrogen) atoms. The molecular formula is C18H21N5O3. The zero-order valence-corrected chi connectivity index (χ0v) is 15.0. The lowest BCUT2D eigenvalue weighted by Crippen LogP contribution is -2.44. The van der Waals surface area contributed by atoms with E-state index in [-0.39, 0.29) is 23.9 Å². The van der Waals surface area contributed by atoms with Crippen LogP contribution in [0.3, 0.4) is 0 Å². The summed E-state index contributed by atoms with van der Waals surface area (Å²) >= 11 is 0. The lowest BCUT2D eigenvalue weighted by Gasteiger charge is -2.14. The van der Waals surface area contributed by atoms with E-state index in [1.54, 1.807) is 11.6 Å². The van der Waals surface area contributed by atoms with Gasteiger partial charge in [0.1, 0.15) is 6.54 Å². The largest absolute Gasteiger partial charge is 0.354 e. The number of hydrogen-bond acceptors (Lipinski definition) is 4. The Morgan fingerprint density at radius 3 is 2.58 bits per heavy atom. The lowest BCUT2D eigenvalue weighted by molar-refractivity contribution is -0.121. The quantitative estimate of drug-likeness (QED) is 0.715. The van der Waals surface area contributed by atoms with Gasteiger partial charge in [0.05, 0.1) is 6.33 Å². The van der Waals surface area contributed by atoms with E-state index in [0.717, 1.165) is 10.1 Å². The highest BCUT2D eigenvalue weighted by Crippen LogP contribution is 2.12. The van der Waals surface area contributed by atoms with Crippen molar-refractivity contribution in [1.82, 2.24) is 24.0 Å². The zero-order valence-electron chi connectivity index (χ0n) is 15.0. The third kappa shape index (κ3) is 3.17. The SMILES string of the molecule is CC(CNC(=O)Cn1c(=O)c2c(ncn2C)n(C)c1=O)c1ccccc1. The monoisotopic (exact) mass is 355 g/mol. The lowest BCUT2D eigenvalue weighted by atomic mass is 10.0. The van der Waals surface area contributed by atoms with E-state index in [9.17, 15) is 14.4 Å². The van der Waals surface area contributed by atoms with Gasteiger partial charge in [-0.1, -0.05) is 37.3 Å². The minimum atomic E-state index is -0.563. The number of nitrogens with one attached hydrogen (secondary N) is 1. The van der Waals surface area contributed by atoms with Gasteiger partial charge in [0.2, 0.25) is 5.91 Å². The molecule has 0 bridgehead atoms. The van der Waals surface area contributed by atoms with Gasteiger partial charge in [-0.25, -0.2) is 14.3 Å². The van der Waals surface area contributed by atoms with Crippen LogP contribution in [0.4, 0.5) is 0 Å². The summed E-state index contributed by atoms with van der Waals surface area (Å²) in [5, 5.41) is 2.79. The maximum absolute atomic E-state index is 12.6. The van der Waals surface area contributed by atoms with Gasteiger partial charge >= 0.3 is 5.69 Å². The van der Waals surface area contributed by atoms with Crippen molar-refractivity contribution in [3.8, 4) is 0 Å². The first-order valence-corrected chi connectivity index (χ1v) is 8.32. The van der Waals surface area contributed by atoms with Crippen LogP contribution in [0.5, 0.6) is 0 Å². The number of hydrogen-bond donors (Lipinski definition) is 1. The Balaban J connectivity index is 1.79. The number of amides is 1. The number of carbonyl (C=O) groups excluding carboxylic acids is 1. The normalized spacial score (nSPS) is 12.3. The Morgan fingerprint density at radius 1 is 1.19 bits per heavy atom. The highest BCUT2D eigenvalue weighted by Gasteiger charge is 2.17. The van der Waals surface area contributed by atoms with E-state index < -0.39 is 11.2 Å². The van der Waals surface area contributed by atoms with Crippen LogP contribution < -0.4 is 16.6 Å². The fraction of sp³-hybridized carbons (Fsp3) is 0.333. The van der Waals surface area contributed by atoms with Crippen LogP contribution in [0.15, 0.2) is 46.2 Å². The Bertz CT molecular complexity index is 1060. The molecule has 1 amide bonds. The van der Waals surface area contributed by atoms with Crippen LogP contribution in [0.1, 0.15) is 18.4 Å². The van der Waals surface area contributed by atoms with Crippen LogP contribution >= 0.6 is 0 Å². The van der Waals surface area contributed by atoms with Gasteiger partial charge in [-0.3, -0.25) is 14.2 Å². The van der Waals surface area contributed by atoms with Crippen LogP contribution in [-0.2, 0) is 25.4 Å². The molecule has 1 N–H and O–H groups in total. The molecule has 1 atom stereocenters. The van der Waals surface area contributed by atoms with Crippen LogP contribution in [0, 0.1) is 0 Å². The van der Waals surface area contributed by atoms with Gasteiger partial charge in [0.15, 0.2) is 11.2 Å². The summed E-state index contributed by atoms with van der Waals surface area (Å²) in [6.07, 6.45) is 1.47. The summed E-state index contributed by atoms with van der Waals surface area (Å²) in [5.41, 5.74) is 0.619. The van der Waals surface area contributed by atoms with Gasteiger partial charge in [0.25, 0.3) is 5.56 Å². The summed E-state index contributed by atoms with van der Waals surface area (Å²) in [7, 11) is 3.20. The van der Waals surface area contributed by atoms with Crippen molar-refractivity contribution in [2.75, 3.05) is 6.54 Å². The maximum atomic E-state index is 12.6. The van der Waals surface area contributed by atoms with E-state index in [4.69, 9.17) is 0 Å². The number of aryl methyl sites for hydroxylation is 2. The van der Waals surface area contributed by atoms with Gasteiger partial charge in [-0.2, -0.15) is 0 Å². The van der Waals surface area contributed by atoms with E-state index in [1.807, 2.05) is 37.3 Å². The van der Waals surface area contributed by atoms with Crippen molar-refractivity contribution in [3.05, 3.63) is 63.1 Å². The molecule has 0 radical (unpaired) electrons. The van der Waals surface area contributed by atoms with Crippen molar-refractivity contribution in [1.29, 1.82) is 0 Å². The van der Waals surface area contributed by atoms with Gasteiger partial charge in [-0.15, -0.1) is 0 Å². The number of aromatic nitrogens is 4. The molecule has 0 saturated carbocycles. The highest BCUT2D eigenvalue weighted by molar-refractivity contribution is 5.76. The zero-order chi connectivity index (χ0) is 18.8. The van der Waals surface area contributed by atoms with Gasteiger partial charge < -0.3 is 9.88 Å². The minimum absolute atomic E-state index is 0.124. The molecule has 1 aromatic carbocycles. The van der Waals surface area contributed by atoms with Crippen LogP contribution in [0.2, 0.25) is 0 Å². The first-order chi connectivity index (χ1) is 12.4. The summed E-state index contributed by atoms with van der Waals surface area (Å²) in [6.45, 7) is 2.10. The Morgan fingerprint density at radius 2 is 1.88 bits per heavy atom. The third-order valence-corrected chi connectivity index (χ3v) is 4.48. The summed E-state index contributed by atoms with van der Waals surface area (Å²) in [5.74, 6) is -0.257. The highest BCUT2D eigenvalue weighted by atomic mass is 16.2. The predicted molar refractivity (Wildman–Crippen MR) is 98.1 cm³/mol. The van der Waals surface area contributed by atoms with Gasteiger partial charge in [0, 0.05) is 20.6 Å². The third-order valence-electron chi connectivity index (χ3n) is 4.48. The standard InChI is InChI=1S/C18H21N5O3/c1-12(13-7-5-4-6-8-13)9-19-14(24)10-23-17(25)15-16(20-11-21(15)2)22(3)18(23)26/h4-8,11-12H,9-10H2,1-3H3,(H,19,24). The number of carbonyl (C=O) groups is 1. The van der Waals surface area contributed by atoms with Crippen molar-refractivity contribution < 1.29 is 4.79 Å². The number of benzene rings is 1. The van der Waals surface area contributed by atoms with Crippen molar-refractivity contribution >= 4 is 17.1 Å². The average molecular weight is 355 g/mol. The first-order valence-electron chi connectivity index (χ1n) is 8.32. The second-order valence-corrected chi connectivity index (χ2v) is 6.38. The van der Waals surface area contributed by atoms with Crippen molar-refractivity contribution in [2.45, 2.75) is 19.4 Å². The number of imidazole rings is 1. The minimum Gasteiger partial charge on any atom is -0.354 e. The fourth-order valence-electron chi connectivity index (χ4n) is 2.90. The molecule has 3 rings (SSSR count). The molecule has 8 heteroatoms. The molecule has 0 spiro atoms. The number of nitrogens with zero attached hydrogens (tertiary/aromatic N) is 4. The molecule has 0 aliphatic carbocycles. The van der Waals surface area contributed by atoms with E-state index in [2.05, 4.69) is 10.3 Å². The molecule has 0 aliphatic heterocycles. The van der Waals surface area contributed by atoms with Crippen LogP contribution in [0.25, 0.3) is 11.2 Å². The maximum Gasteiger partial charge on any atom is 0.332 e. The molecule has 0 saturated heterocycles. The smallest absolute Gasteiger partial charge is 0.332 e. The average Bonchev–Trinajstić information content (AvgIpc) is 3.04. The van der Waals surface area contributed by atoms with Gasteiger partial charge in [-0.05, 0) is 11.5 Å². The fourth-order valence-corrected chi connectivity index (χ4v) is 2.90. The molecule has 3 aromatic rings. The van der Waals surface area contributed by atoms with E-state index >= 15 is 0 Å². The Hall–Kier alpha value is -3.16.